The Morgan fingerprint density at radius 1 is 0.978 bits per heavy atom. The van der Waals surface area contributed by atoms with E-state index < -0.39 is 15.3 Å². The Morgan fingerprint density at radius 2 is 1.64 bits per heavy atom. The number of allylic oxidation sites excluding steroid dienone is 2. The zero-order valence-corrected chi connectivity index (χ0v) is 30.7. The van der Waals surface area contributed by atoms with Gasteiger partial charge in [0.05, 0.1) is 0 Å². The first-order valence-electron chi connectivity index (χ1n) is 17.1. The molecule has 2 aromatic rings. The van der Waals surface area contributed by atoms with Crippen molar-refractivity contribution >= 4 is 27.1 Å². The summed E-state index contributed by atoms with van der Waals surface area (Å²) in [5, 5.41) is 0.146. The third-order valence-electron chi connectivity index (χ3n) is 11.3. The molecule has 3 aliphatic heterocycles. The van der Waals surface area contributed by atoms with Crippen LogP contribution in [0.25, 0.3) is 6.08 Å². The molecular weight excluding hydrogens is 581 g/mol. The van der Waals surface area contributed by atoms with Crippen LogP contribution in [-0.4, -0.2) is 35.6 Å². The zero-order valence-electron chi connectivity index (χ0n) is 29.7. The van der Waals surface area contributed by atoms with Gasteiger partial charge in [0.25, 0.3) is 8.32 Å². The standard InChI is InChI=1S/C37H55BF2N2O2Si/c1-25-23-26(2)41-33(25)24-31-19-18-30(42(31)38(41,39)40)17-15-13-12-14-16-21-37(9)22-20-32-29(5)34(27(3)28(4)35(32)43-37)44-45(10,11)36(6,7)8/h18-19,23-24H,12-17,20-22H2,1-11H3/t37-/m1/s1. The first-order valence-corrected chi connectivity index (χ1v) is 20.1. The van der Waals surface area contributed by atoms with E-state index in [2.05, 4.69) is 61.6 Å². The molecule has 0 amide bonds. The fourth-order valence-electron chi connectivity index (χ4n) is 7.25. The summed E-state index contributed by atoms with van der Waals surface area (Å²) in [6, 6.07) is 1.86. The lowest BCUT2D eigenvalue weighted by atomic mass is 9.84. The van der Waals surface area contributed by atoms with Gasteiger partial charge in [-0.25, -0.2) is 0 Å². The molecule has 0 radical (unpaired) electrons. The van der Waals surface area contributed by atoms with Gasteiger partial charge in [0.15, 0.2) is 5.70 Å². The average molecular weight is 637 g/mol. The van der Waals surface area contributed by atoms with Gasteiger partial charge in [-0.3, -0.25) is 0 Å². The molecule has 3 aliphatic rings. The fourth-order valence-corrected chi connectivity index (χ4v) is 8.37. The van der Waals surface area contributed by atoms with E-state index in [9.17, 15) is 0 Å². The van der Waals surface area contributed by atoms with Crippen molar-refractivity contribution in [3.8, 4) is 11.5 Å². The third-order valence-corrected chi connectivity index (χ3v) is 15.6. The Balaban J connectivity index is 1.14. The number of nitrogens with zero attached hydrogens (tertiary/aromatic N) is 2. The van der Waals surface area contributed by atoms with Crippen LogP contribution >= 0.6 is 0 Å². The minimum Gasteiger partial charge on any atom is -0.543 e. The Hall–Kier alpha value is -2.61. The van der Waals surface area contributed by atoms with E-state index in [0.29, 0.717) is 23.5 Å². The lowest BCUT2D eigenvalue weighted by Crippen LogP contribution is -2.50. The molecule has 45 heavy (non-hydrogen) atoms. The molecule has 0 fully saturated rings. The molecule has 0 aliphatic carbocycles. The molecule has 0 spiro atoms. The molecule has 4 nitrogen and oxygen atoms in total. The van der Waals surface area contributed by atoms with Crippen LogP contribution in [0.3, 0.4) is 0 Å². The van der Waals surface area contributed by atoms with E-state index in [0.717, 1.165) is 74.1 Å². The molecule has 1 aromatic carbocycles. The summed E-state index contributed by atoms with van der Waals surface area (Å²) in [5.74, 6) is 2.15. The maximum atomic E-state index is 15.7. The molecule has 0 saturated heterocycles. The SMILES string of the molecule is Cc1cc(C)n2c1C=C1C=CC(CCCCCCC[C@]3(C)CCc4c(C)c(O[Si](C)(C)C(C)(C)C)c(C)c(C)c4O3)=[N+]1[B-]2(F)F. The number of fused-ring (bicyclic) bond motifs is 3. The van der Waals surface area contributed by atoms with Gasteiger partial charge in [-0.2, -0.15) is 0 Å². The second-order valence-electron chi connectivity index (χ2n) is 15.8. The van der Waals surface area contributed by atoms with Crippen LogP contribution in [0.2, 0.25) is 18.1 Å². The molecule has 8 heteroatoms. The number of ether oxygens (including phenoxy) is 1. The lowest BCUT2D eigenvalue weighted by molar-refractivity contribution is -0.362. The number of aryl methyl sites for hydroxylation is 2. The summed E-state index contributed by atoms with van der Waals surface area (Å²) >= 11 is 0. The van der Waals surface area contributed by atoms with Crippen LogP contribution in [-0.2, 0) is 6.42 Å². The van der Waals surface area contributed by atoms with Gasteiger partial charge in [0.1, 0.15) is 22.8 Å². The normalized spacial score (nSPS) is 20.5. The van der Waals surface area contributed by atoms with Crippen molar-refractivity contribution in [1.82, 2.24) is 4.48 Å². The molecular formula is C37H55BF2N2O2Si. The summed E-state index contributed by atoms with van der Waals surface area (Å²) < 4.78 is 47.6. The predicted molar refractivity (Wildman–Crippen MR) is 188 cm³/mol. The van der Waals surface area contributed by atoms with Crippen molar-refractivity contribution in [2.75, 3.05) is 0 Å². The van der Waals surface area contributed by atoms with Gasteiger partial charge in [0.2, 0.25) is 0 Å². The molecule has 1 atom stereocenters. The van der Waals surface area contributed by atoms with Gasteiger partial charge < -0.3 is 26.8 Å². The van der Waals surface area contributed by atoms with Crippen molar-refractivity contribution in [1.29, 1.82) is 0 Å². The maximum absolute atomic E-state index is 15.7. The molecule has 246 valence electrons. The van der Waals surface area contributed by atoms with Crippen LogP contribution in [0, 0.1) is 34.6 Å². The van der Waals surface area contributed by atoms with E-state index in [1.807, 2.05) is 31.2 Å². The fraction of sp³-hybridized carbons (Fsp3) is 0.595. The summed E-state index contributed by atoms with van der Waals surface area (Å²) in [6.07, 6.45) is 14.7. The highest BCUT2D eigenvalue weighted by atomic mass is 28.4. The molecule has 1 aromatic heterocycles. The van der Waals surface area contributed by atoms with Crippen LogP contribution in [0.1, 0.15) is 118 Å². The average Bonchev–Trinajstić information content (AvgIpc) is 3.49. The zero-order chi connectivity index (χ0) is 33.1. The van der Waals surface area contributed by atoms with Gasteiger partial charge in [-0.1, -0.05) is 40.0 Å². The summed E-state index contributed by atoms with van der Waals surface area (Å²) in [4.78, 5) is 0. The van der Waals surface area contributed by atoms with Gasteiger partial charge in [-0.05, 0) is 126 Å². The van der Waals surface area contributed by atoms with Crippen molar-refractivity contribution in [2.24, 2.45) is 0 Å². The minimum atomic E-state index is -3.87. The largest absolute Gasteiger partial charge is 0.737 e. The van der Waals surface area contributed by atoms with E-state index in [4.69, 9.17) is 9.16 Å². The highest BCUT2D eigenvalue weighted by Gasteiger charge is 2.52. The van der Waals surface area contributed by atoms with Crippen molar-refractivity contribution in [2.45, 2.75) is 144 Å². The monoisotopic (exact) mass is 636 g/mol. The summed E-state index contributed by atoms with van der Waals surface area (Å²) in [6.45, 7) is 20.2. The van der Waals surface area contributed by atoms with E-state index in [1.165, 1.54) is 31.2 Å². The van der Waals surface area contributed by atoms with Crippen molar-refractivity contribution in [3.63, 3.8) is 0 Å². The Kier molecular flexibility index (Phi) is 8.91. The second kappa shape index (κ2) is 11.9. The first kappa shape index (κ1) is 33.7. The van der Waals surface area contributed by atoms with Gasteiger partial charge >= 0.3 is 6.97 Å². The Labute approximate surface area is 271 Å². The van der Waals surface area contributed by atoms with Gasteiger partial charge in [-0.15, -0.1) is 0 Å². The van der Waals surface area contributed by atoms with Crippen molar-refractivity contribution < 1.29 is 22.3 Å². The highest BCUT2D eigenvalue weighted by molar-refractivity contribution is 6.74. The van der Waals surface area contributed by atoms with Gasteiger partial charge in [0, 0.05) is 35.9 Å². The predicted octanol–water partition coefficient (Wildman–Crippen LogP) is 10.5. The number of hydrogen-bond acceptors (Lipinski definition) is 2. The van der Waals surface area contributed by atoms with E-state index in [1.54, 1.807) is 6.92 Å². The Bertz CT molecular complexity index is 1590. The lowest BCUT2D eigenvalue weighted by Gasteiger charge is -2.41. The van der Waals surface area contributed by atoms with E-state index >= 15 is 8.63 Å². The van der Waals surface area contributed by atoms with Crippen LogP contribution in [0.5, 0.6) is 11.5 Å². The van der Waals surface area contributed by atoms with Crippen LogP contribution < -0.4 is 9.16 Å². The Morgan fingerprint density at radius 3 is 2.33 bits per heavy atom. The molecule has 0 saturated carbocycles. The topological polar surface area (TPSA) is 26.4 Å². The number of benzene rings is 1. The molecule has 0 N–H and O–H groups in total. The number of rotatable bonds is 10. The van der Waals surface area contributed by atoms with E-state index in [-0.39, 0.29) is 10.6 Å². The number of halogens is 2. The first-order chi connectivity index (χ1) is 20.9. The summed E-state index contributed by atoms with van der Waals surface area (Å²) in [7, 11) is -1.96. The minimum absolute atomic E-state index is 0.146. The third kappa shape index (κ3) is 6.13. The number of aromatic nitrogens is 1. The summed E-state index contributed by atoms with van der Waals surface area (Å²) in [5.41, 5.74) is 8.34. The molecule has 4 heterocycles. The van der Waals surface area contributed by atoms with Crippen LogP contribution in [0.15, 0.2) is 23.9 Å². The molecule has 0 bridgehead atoms. The van der Waals surface area contributed by atoms with Crippen molar-refractivity contribution in [3.05, 3.63) is 63.1 Å². The molecule has 5 rings (SSSR count). The number of unbranched alkanes of at least 4 members (excludes halogenated alkanes) is 4. The maximum Gasteiger partial charge on any atom is 0.737 e. The number of hydrogen-bond donors (Lipinski definition) is 0. The highest BCUT2D eigenvalue weighted by Crippen LogP contribution is 2.47. The smallest absolute Gasteiger partial charge is 0.543 e. The second-order valence-corrected chi connectivity index (χ2v) is 20.5. The molecule has 0 unspecified atom stereocenters. The van der Waals surface area contributed by atoms with Crippen LogP contribution in [0.4, 0.5) is 8.63 Å². The quantitative estimate of drug-likeness (QED) is 0.192.